The maximum absolute atomic E-state index is 8.99. The van der Waals surface area contributed by atoms with E-state index in [0.717, 1.165) is 39.2 Å². The van der Waals surface area contributed by atoms with Gasteiger partial charge in [0.15, 0.2) is 0 Å². The van der Waals surface area contributed by atoms with E-state index in [9.17, 15) is 0 Å². The van der Waals surface area contributed by atoms with E-state index in [1.807, 2.05) is 56.3 Å². The summed E-state index contributed by atoms with van der Waals surface area (Å²) in [5.41, 5.74) is 4.70. The molecule has 0 aliphatic rings. The Morgan fingerprint density at radius 2 is 1.89 bits per heavy atom. The highest BCUT2D eigenvalue weighted by Crippen LogP contribution is 2.34. The van der Waals surface area contributed by atoms with E-state index in [2.05, 4.69) is 39.1 Å². The zero-order chi connectivity index (χ0) is 19.5. The molecule has 2 heterocycles. The molecule has 4 aromatic rings. The zero-order valence-corrected chi connectivity index (χ0v) is 15.8. The van der Waals surface area contributed by atoms with Crippen molar-refractivity contribution in [3.8, 4) is 22.6 Å². The molecule has 0 atom stereocenters. The van der Waals surface area contributed by atoms with Gasteiger partial charge in [-0.1, -0.05) is 23.4 Å². The summed E-state index contributed by atoms with van der Waals surface area (Å²) < 4.78 is 7.98. The molecule has 0 fully saturated rings. The summed E-state index contributed by atoms with van der Waals surface area (Å²) in [6.45, 7) is 3.97. The first-order chi connectivity index (χ1) is 13.7. The Hall–Kier alpha value is -3.60. The molecule has 0 unspecified atom stereocenters. The highest BCUT2D eigenvalue weighted by Gasteiger charge is 2.14. The minimum atomic E-state index is 0.0430. The molecule has 2 aromatic heterocycles. The molecule has 0 bridgehead atoms. The lowest BCUT2D eigenvalue weighted by Crippen LogP contribution is -2.06. The third-order valence-corrected chi connectivity index (χ3v) is 4.42. The van der Waals surface area contributed by atoms with E-state index in [1.54, 1.807) is 6.20 Å². The van der Waals surface area contributed by atoms with Crippen LogP contribution in [0.25, 0.3) is 27.8 Å². The molecule has 5 heteroatoms. The molecule has 4 rings (SSSR count). The van der Waals surface area contributed by atoms with Gasteiger partial charge in [-0.2, -0.15) is 0 Å². The van der Waals surface area contributed by atoms with Crippen LogP contribution in [0, 0.1) is 0 Å². The van der Waals surface area contributed by atoms with Crippen molar-refractivity contribution in [1.29, 1.82) is 0 Å². The lowest BCUT2D eigenvalue weighted by atomic mass is 10.0. The van der Waals surface area contributed by atoms with Crippen LogP contribution in [-0.2, 0) is 0 Å². The van der Waals surface area contributed by atoms with Crippen LogP contribution in [0.4, 0.5) is 0 Å². The minimum absolute atomic E-state index is 0.0430. The van der Waals surface area contributed by atoms with Crippen molar-refractivity contribution < 1.29 is 9.94 Å². The van der Waals surface area contributed by atoms with E-state index in [4.69, 9.17) is 9.94 Å². The molecule has 1 N–H and O–H groups in total. The molecule has 0 aliphatic carbocycles. The number of para-hydroxylation sites is 1. The normalized spacial score (nSPS) is 11.5. The Morgan fingerprint density at radius 1 is 1.07 bits per heavy atom. The molecule has 0 saturated heterocycles. The van der Waals surface area contributed by atoms with Crippen molar-refractivity contribution in [2.24, 2.45) is 5.16 Å². The van der Waals surface area contributed by atoms with Gasteiger partial charge in [0.05, 0.1) is 12.3 Å². The molecular formula is C23H21N3O2. The summed E-state index contributed by atoms with van der Waals surface area (Å²) >= 11 is 0. The van der Waals surface area contributed by atoms with Crippen molar-refractivity contribution in [3.63, 3.8) is 0 Å². The van der Waals surface area contributed by atoms with Gasteiger partial charge in [-0.25, -0.2) is 4.98 Å². The van der Waals surface area contributed by atoms with Gasteiger partial charge < -0.3 is 14.5 Å². The number of oxime groups is 1. The second kappa shape index (κ2) is 7.56. The van der Waals surface area contributed by atoms with Crippen LogP contribution in [-0.4, -0.2) is 27.1 Å². The second-order valence-corrected chi connectivity index (χ2v) is 6.82. The van der Waals surface area contributed by atoms with Crippen molar-refractivity contribution in [3.05, 3.63) is 78.6 Å². The summed E-state index contributed by atoms with van der Waals surface area (Å²) in [6.07, 6.45) is 5.34. The number of hydrogen-bond donors (Lipinski definition) is 1. The third kappa shape index (κ3) is 3.47. The quantitative estimate of drug-likeness (QED) is 0.295. The van der Waals surface area contributed by atoms with E-state index in [0.29, 0.717) is 0 Å². The van der Waals surface area contributed by atoms with Gasteiger partial charge in [0, 0.05) is 34.6 Å². The summed E-state index contributed by atoms with van der Waals surface area (Å²) in [7, 11) is 0. The molecule has 140 valence electrons. The van der Waals surface area contributed by atoms with Gasteiger partial charge in [-0.3, -0.25) is 0 Å². The molecule has 0 spiro atoms. The lowest BCUT2D eigenvalue weighted by molar-refractivity contribution is 0.242. The number of fused-ring (bicyclic) bond motifs is 1. The van der Waals surface area contributed by atoms with E-state index >= 15 is 0 Å². The van der Waals surface area contributed by atoms with Crippen molar-refractivity contribution >= 4 is 17.2 Å². The van der Waals surface area contributed by atoms with E-state index in [1.165, 1.54) is 6.21 Å². The number of pyridine rings is 1. The van der Waals surface area contributed by atoms with Gasteiger partial charge >= 0.3 is 0 Å². The van der Waals surface area contributed by atoms with Crippen LogP contribution in [0.1, 0.15) is 19.4 Å². The predicted molar refractivity (Wildman–Crippen MR) is 112 cm³/mol. The summed E-state index contributed by atoms with van der Waals surface area (Å²) in [5.74, 6) is 0.729. The number of aromatic nitrogens is 2. The molecule has 0 amide bonds. The van der Waals surface area contributed by atoms with Crippen molar-refractivity contribution in [2.45, 2.75) is 20.0 Å². The molecule has 0 radical (unpaired) electrons. The lowest BCUT2D eigenvalue weighted by Gasteiger charge is -2.12. The number of nitrogens with zero attached hydrogens (tertiary/aromatic N) is 3. The molecular weight excluding hydrogens is 350 g/mol. The first-order valence-corrected chi connectivity index (χ1v) is 9.17. The summed E-state index contributed by atoms with van der Waals surface area (Å²) in [4.78, 5) is 4.60. The van der Waals surface area contributed by atoms with E-state index in [-0.39, 0.29) is 6.10 Å². The predicted octanol–water partition coefficient (Wildman–Crippen LogP) is 5.29. The topological polar surface area (TPSA) is 59.6 Å². The first kappa shape index (κ1) is 17.8. The Kier molecular flexibility index (Phi) is 4.81. The fourth-order valence-electron chi connectivity index (χ4n) is 3.33. The molecule has 5 nitrogen and oxygen atoms in total. The van der Waals surface area contributed by atoms with Crippen LogP contribution in [0.2, 0.25) is 0 Å². The fraction of sp³-hybridized carbons (Fsp3) is 0.130. The van der Waals surface area contributed by atoms with Crippen molar-refractivity contribution in [2.75, 3.05) is 0 Å². The fourth-order valence-corrected chi connectivity index (χ4v) is 3.33. The first-order valence-electron chi connectivity index (χ1n) is 9.17. The Balaban J connectivity index is 1.93. The Bertz CT molecular complexity index is 1130. The SMILES string of the molecule is CC(C)Oc1cc(/C=N/O)cc(-c2cn(-c3ccccc3)c3ncccc23)c1. The zero-order valence-electron chi connectivity index (χ0n) is 15.8. The van der Waals surface area contributed by atoms with Gasteiger partial charge in [-0.05, 0) is 61.9 Å². The number of benzene rings is 2. The maximum atomic E-state index is 8.99. The van der Waals surface area contributed by atoms with Crippen molar-refractivity contribution in [1.82, 2.24) is 9.55 Å². The largest absolute Gasteiger partial charge is 0.491 e. The van der Waals surface area contributed by atoms with Crippen LogP contribution < -0.4 is 4.74 Å². The Labute approximate surface area is 163 Å². The smallest absolute Gasteiger partial charge is 0.145 e. The highest BCUT2D eigenvalue weighted by atomic mass is 16.5. The second-order valence-electron chi connectivity index (χ2n) is 6.82. The van der Waals surface area contributed by atoms with Gasteiger partial charge in [-0.15, -0.1) is 0 Å². The van der Waals surface area contributed by atoms with Crippen LogP contribution in [0.5, 0.6) is 5.75 Å². The number of ether oxygens (including phenoxy) is 1. The van der Waals surface area contributed by atoms with Gasteiger partial charge in [0.1, 0.15) is 11.4 Å². The molecule has 28 heavy (non-hydrogen) atoms. The minimum Gasteiger partial charge on any atom is -0.491 e. The average molecular weight is 371 g/mol. The van der Waals surface area contributed by atoms with Crippen LogP contribution >= 0.6 is 0 Å². The summed E-state index contributed by atoms with van der Waals surface area (Å²) in [5, 5.41) is 13.2. The maximum Gasteiger partial charge on any atom is 0.145 e. The van der Waals surface area contributed by atoms with Gasteiger partial charge in [0.25, 0.3) is 0 Å². The average Bonchev–Trinajstić information content (AvgIpc) is 3.08. The summed E-state index contributed by atoms with van der Waals surface area (Å²) in [6, 6.07) is 20.0. The number of rotatable bonds is 5. The Morgan fingerprint density at radius 3 is 2.64 bits per heavy atom. The standard InChI is InChI=1S/C23H21N3O2/c1-16(2)28-20-12-17(14-25-27)11-18(13-20)22-15-26(19-7-4-3-5-8-19)23-21(22)9-6-10-24-23/h3-16,27H,1-2H3/b25-14+. The molecule has 2 aromatic carbocycles. The van der Waals surface area contributed by atoms with Crippen LogP contribution in [0.15, 0.2) is 78.2 Å². The number of hydrogen-bond acceptors (Lipinski definition) is 4. The highest BCUT2D eigenvalue weighted by molar-refractivity contribution is 5.96. The monoisotopic (exact) mass is 371 g/mol. The molecule has 0 saturated carbocycles. The van der Waals surface area contributed by atoms with Crippen LogP contribution in [0.3, 0.4) is 0 Å². The van der Waals surface area contributed by atoms with Gasteiger partial charge in [0.2, 0.25) is 0 Å². The third-order valence-electron chi connectivity index (χ3n) is 4.42. The molecule has 0 aliphatic heterocycles. The van der Waals surface area contributed by atoms with E-state index < -0.39 is 0 Å².